The molecule has 0 amide bonds. The Balaban J connectivity index is 1.90. The van der Waals surface area contributed by atoms with E-state index in [1.165, 1.54) is 6.07 Å². The zero-order valence-electron chi connectivity index (χ0n) is 14.1. The molecule has 6 heteroatoms. The van der Waals surface area contributed by atoms with Crippen LogP contribution >= 0.6 is 0 Å². The van der Waals surface area contributed by atoms with Crippen molar-refractivity contribution in [3.05, 3.63) is 29.6 Å². The zero-order valence-corrected chi connectivity index (χ0v) is 14.1. The van der Waals surface area contributed by atoms with Crippen molar-refractivity contribution < 1.29 is 13.9 Å². The molecule has 0 radical (unpaired) electrons. The molecule has 0 aliphatic carbocycles. The minimum atomic E-state index is -0.331. The van der Waals surface area contributed by atoms with Crippen molar-refractivity contribution in [2.45, 2.75) is 19.9 Å². The minimum Gasteiger partial charge on any atom is -0.491 e. The molecule has 1 saturated heterocycles. The van der Waals surface area contributed by atoms with Gasteiger partial charge in [0.05, 0.1) is 13.2 Å². The number of ether oxygens (including phenoxy) is 2. The van der Waals surface area contributed by atoms with Crippen LogP contribution in [0.5, 0.6) is 5.75 Å². The number of guanidine groups is 1. The molecule has 0 bridgehead atoms. The highest BCUT2D eigenvalue weighted by atomic mass is 19.1. The Kier molecular flexibility index (Phi) is 6.65. The van der Waals surface area contributed by atoms with Crippen molar-refractivity contribution in [3.8, 4) is 5.75 Å². The smallest absolute Gasteiger partial charge is 0.193 e. The summed E-state index contributed by atoms with van der Waals surface area (Å²) in [5.41, 5.74) is 0.861. The monoisotopic (exact) mass is 323 g/mol. The number of hydrogen-bond donors (Lipinski definition) is 1. The maximum atomic E-state index is 13.9. The summed E-state index contributed by atoms with van der Waals surface area (Å²) in [6.07, 6.45) is 1.10. The molecule has 23 heavy (non-hydrogen) atoms. The lowest BCUT2D eigenvalue weighted by molar-refractivity contribution is 0.157. The Hall–Kier alpha value is -1.82. The second-order valence-electron chi connectivity index (χ2n) is 5.65. The zero-order chi connectivity index (χ0) is 16.7. The lowest BCUT2D eigenvalue weighted by Gasteiger charge is -2.21. The molecule has 0 spiro atoms. The van der Waals surface area contributed by atoms with Crippen LogP contribution in [0.15, 0.2) is 23.2 Å². The van der Waals surface area contributed by atoms with Gasteiger partial charge in [-0.25, -0.2) is 4.39 Å². The molecule has 2 rings (SSSR count). The van der Waals surface area contributed by atoms with Crippen LogP contribution in [-0.4, -0.2) is 51.3 Å². The van der Waals surface area contributed by atoms with E-state index in [-0.39, 0.29) is 5.82 Å². The molecule has 1 fully saturated rings. The Labute approximate surface area is 137 Å². The van der Waals surface area contributed by atoms with Crippen LogP contribution in [0.25, 0.3) is 0 Å². The average Bonchev–Trinajstić information content (AvgIpc) is 2.99. The average molecular weight is 323 g/mol. The first-order chi connectivity index (χ1) is 11.2. The van der Waals surface area contributed by atoms with Crippen LogP contribution in [-0.2, 0) is 11.3 Å². The molecule has 1 aliphatic heterocycles. The SMILES string of the molecule is CCOc1ccc(CNC(=NC)N2CCC(COC)C2)cc1F. The van der Waals surface area contributed by atoms with E-state index >= 15 is 0 Å². The summed E-state index contributed by atoms with van der Waals surface area (Å²) in [6, 6.07) is 5.04. The van der Waals surface area contributed by atoms with Crippen molar-refractivity contribution in [3.63, 3.8) is 0 Å². The van der Waals surface area contributed by atoms with Gasteiger partial charge in [-0.2, -0.15) is 0 Å². The van der Waals surface area contributed by atoms with Gasteiger partial charge in [0.25, 0.3) is 0 Å². The highest BCUT2D eigenvalue weighted by molar-refractivity contribution is 5.80. The normalized spacial score (nSPS) is 18.3. The van der Waals surface area contributed by atoms with Crippen molar-refractivity contribution in [1.29, 1.82) is 0 Å². The lowest BCUT2D eigenvalue weighted by atomic mass is 10.1. The van der Waals surface area contributed by atoms with Gasteiger partial charge in [0.15, 0.2) is 17.5 Å². The first kappa shape index (κ1) is 17.5. The molecule has 128 valence electrons. The Bertz CT molecular complexity index is 537. The van der Waals surface area contributed by atoms with E-state index in [4.69, 9.17) is 9.47 Å². The van der Waals surface area contributed by atoms with Crippen LogP contribution in [0.2, 0.25) is 0 Å². The standard InChI is InChI=1S/C17H26FN3O2/c1-4-23-16-6-5-13(9-15(16)18)10-20-17(19-2)21-8-7-14(11-21)12-22-3/h5-6,9,14H,4,7-8,10-12H2,1-3H3,(H,19,20). The molecule has 1 aromatic rings. The van der Waals surface area contributed by atoms with Crippen molar-refractivity contribution in [1.82, 2.24) is 10.2 Å². The summed E-state index contributed by atoms with van der Waals surface area (Å²) in [6.45, 7) is 5.50. The van der Waals surface area contributed by atoms with Gasteiger partial charge in [-0.3, -0.25) is 4.99 Å². The van der Waals surface area contributed by atoms with E-state index in [9.17, 15) is 4.39 Å². The van der Waals surface area contributed by atoms with Crippen LogP contribution in [0.1, 0.15) is 18.9 Å². The maximum absolute atomic E-state index is 13.9. The van der Waals surface area contributed by atoms with Gasteiger partial charge >= 0.3 is 0 Å². The van der Waals surface area contributed by atoms with Crippen LogP contribution in [0.3, 0.4) is 0 Å². The van der Waals surface area contributed by atoms with Crippen LogP contribution < -0.4 is 10.1 Å². The number of nitrogens with zero attached hydrogens (tertiary/aromatic N) is 2. The van der Waals surface area contributed by atoms with E-state index in [2.05, 4.69) is 15.2 Å². The molecular formula is C17H26FN3O2. The van der Waals surface area contributed by atoms with Crippen molar-refractivity contribution >= 4 is 5.96 Å². The lowest BCUT2D eigenvalue weighted by Crippen LogP contribution is -2.39. The summed E-state index contributed by atoms with van der Waals surface area (Å²) >= 11 is 0. The molecule has 0 aromatic heterocycles. The number of benzene rings is 1. The first-order valence-electron chi connectivity index (χ1n) is 8.03. The van der Waals surface area contributed by atoms with Gasteiger partial charge in [0.2, 0.25) is 0 Å². The third kappa shape index (κ3) is 4.82. The number of methoxy groups -OCH3 is 1. The fourth-order valence-electron chi connectivity index (χ4n) is 2.84. The van der Waals surface area contributed by atoms with Crippen LogP contribution in [0.4, 0.5) is 4.39 Å². The number of nitrogens with one attached hydrogen (secondary N) is 1. The van der Waals surface area contributed by atoms with Crippen molar-refractivity contribution in [2.24, 2.45) is 10.9 Å². The Morgan fingerprint density at radius 3 is 2.96 bits per heavy atom. The second-order valence-corrected chi connectivity index (χ2v) is 5.65. The van der Waals surface area contributed by atoms with Crippen LogP contribution in [0, 0.1) is 11.7 Å². The summed E-state index contributed by atoms with van der Waals surface area (Å²) in [5.74, 6) is 1.35. The fraction of sp³-hybridized carbons (Fsp3) is 0.588. The van der Waals surface area contributed by atoms with Gasteiger partial charge in [-0.1, -0.05) is 6.07 Å². The van der Waals surface area contributed by atoms with E-state index < -0.39 is 0 Å². The quantitative estimate of drug-likeness (QED) is 0.644. The van der Waals surface area contributed by atoms with Crippen molar-refractivity contribution in [2.75, 3.05) is 40.5 Å². The predicted octanol–water partition coefficient (Wildman–Crippen LogP) is 2.27. The van der Waals surface area contributed by atoms with Gasteiger partial charge in [0.1, 0.15) is 0 Å². The third-order valence-electron chi connectivity index (χ3n) is 3.95. The second kappa shape index (κ2) is 8.72. The molecule has 1 aromatic carbocycles. The highest BCUT2D eigenvalue weighted by Gasteiger charge is 2.24. The molecule has 1 N–H and O–H groups in total. The molecule has 1 aliphatic rings. The molecule has 1 unspecified atom stereocenters. The van der Waals surface area contributed by atoms with E-state index in [0.29, 0.717) is 24.8 Å². The van der Waals surface area contributed by atoms with E-state index in [1.54, 1.807) is 20.2 Å². The fourth-order valence-corrected chi connectivity index (χ4v) is 2.84. The van der Waals surface area contributed by atoms with Gasteiger partial charge in [-0.15, -0.1) is 0 Å². The molecule has 1 atom stereocenters. The summed E-state index contributed by atoms with van der Waals surface area (Å²) < 4.78 is 24.3. The minimum absolute atomic E-state index is 0.294. The first-order valence-corrected chi connectivity index (χ1v) is 8.03. The summed E-state index contributed by atoms with van der Waals surface area (Å²) in [7, 11) is 3.50. The topological polar surface area (TPSA) is 46.1 Å². The number of likely N-dealkylation sites (tertiary alicyclic amines) is 1. The molecule has 1 heterocycles. The maximum Gasteiger partial charge on any atom is 0.193 e. The summed E-state index contributed by atoms with van der Waals surface area (Å²) in [4.78, 5) is 6.54. The van der Waals surface area contributed by atoms with Gasteiger partial charge < -0.3 is 19.7 Å². The van der Waals surface area contributed by atoms with E-state index in [1.807, 2.05) is 13.0 Å². The van der Waals surface area contributed by atoms with E-state index in [0.717, 1.165) is 37.6 Å². The molecule has 5 nitrogen and oxygen atoms in total. The van der Waals surface area contributed by atoms with Gasteiger partial charge in [0, 0.05) is 39.7 Å². The molecule has 0 saturated carbocycles. The summed E-state index contributed by atoms with van der Waals surface area (Å²) in [5, 5.41) is 3.30. The number of halogens is 1. The number of aliphatic imine (C=N–C) groups is 1. The number of rotatable bonds is 6. The Morgan fingerprint density at radius 1 is 1.48 bits per heavy atom. The largest absolute Gasteiger partial charge is 0.491 e. The number of hydrogen-bond acceptors (Lipinski definition) is 3. The van der Waals surface area contributed by atoms with Gasteiger partial charge in [-0.05, 0) is 31.0 Å². The highest BCUT2D eigenvalue weighted by Crippen LogP contribution is 2.19. The molecular weight excluding hydrogens is 297 g/mol. The third-order valence-corrected chi connectivity index (χ3v) is 3.95. The predicted molar refractivity (Wildman–Crippen MR) is 89.3 cm³/mol. The Morgan fingerprint density at radius 2 is 2.30 bits per heavy atom.